The predicted molar refractivity (Wildman–Crippen MR) is 83.4 cm³/mol. The molecular weight excluding hydrogens is 358 g/mol. The van der Waals surface area contributed by atoms with E-state index in [9.17, 15) is 4.79 Å². The van der Waals surface area contributed by atoms with Crippen molar-refractivity contribution < 1.29 is 4.79 Å². The number of halogens is 2. The summed E-state index contributed by atoms with van der Waals surface area (Å²) in [5.41, 5.74) is 1.72. The first-order valence-electron chi connectivity index (χ1n) is 6.09. The molecule has 0 spiro atoms. The third-order valence-corrected chi connectivity index (χ3v) is 4.37. The summed E-state index contributed by atoms with van der Waals surface area (Å²) in [5.74, 6) is 0.437. The molecule has 0 saturated carbocycles. The molecule has 0 aliphatic rings. The highest BCUT2D eigenvalue weighted by molar-refractivity contribution is 9.10. The minimum Gasteiger partial charge on any atom is -0.349 e. The van der Waals surface area contributed by atoms with Crippen LogP contribution in [0.3, 0.4) is 0 Å². The molecule has 0 aromatic heterocycles. The highest BCUT2D eigenvalue weighted by Gasteiger charge is 2.18. The Morgan fingerprint density at radius 1 is 1.39 bits per heavy atom. The molecule has 100 valence electrons. The van der Waals surface area contributed by atoms with E-state index in [0.717, 1.165) is 27.4 Å². The second kappa shape index (κ2) is 7.29. The normalized spacial score (nSPS) is 12.6. The van der Waals surface area contributed by atoms with Gasteiger partial charge >= 0.3 is 0 Å². The monoisotopic (exact) mass is 375 g/mol. The summed E-state index contributed by atoms with van der Waals surface area (Å²) >= 11 is 6.88. The summed E-state index contributed by atoms with van der Waals surface area (Å²) in [6, 6.07) is 5.90. The first-order chi connectivity index (χ1) is 8.47. The van der Waals surface area contributed by atoms with Gasteiger partial charge in [-0.15, -0.1) is 0 Å². The van der Waals surface area contributed by atoms with Gasteiger partial charge in [0.05, 0.1) is 0 Å². The van der Waals surface area contributed by atoms with Crippen LogP contribution in [0.5, 0.6) is 0 Å². The largest absolute Gasteiger partial charge is 0.349 e. The van der Waals surface area contributed by atoms with E-state index in [2.05, 4.69) is 51.0 Å². The minimum atomic E-state index is 0.00782. The van der Waals surface area contributed by atoms with Crippen molar-refractivity contribution in [3.63, 3.8) is 0 Å². The van der Waals surface area contributed by atoms with E-state index in [4.69, 9.17) is 0 Å². The highest BCUT2D eigenvalue weighted by Crippen LogP contribution is 2.20. The first-order valence-corrected chi connectivity index (χ1v) is 8.00. The summed E-state index contributed by atoms with van der Waals surface area (Å²) in [6.07, 6.45) is 0.941. The van der Waals surface area contributed by atoms with Gasteiger partial charge in [0.2, 0.25) is 0 Å². The number of alkyl halides is 1. The number of carbonyl (C=O) groups excluding carboxylic acids is 1. The fourth-order valence-electron chi connectivity index (χ4n) is 1.79. The van der Waals surface area contributed by atoms with Gasteiger partial charge in [-0.1, -0.05) is 51.8 Å². The molecule has 0 radical (unpaired) electrons. The smallest absolute Gasteiger partial charge is 0.251 e. The minimum absolute atomic E-state index is 0.00782. The average molecular weight is 377 g/mol. The van der Waals surface area contributed by atoms with Gasteiger partial charge in [0.15, 0.2) is 0 Å². The van der Waals surface area contributed by atoms with Crippen molar-refractivity contribution in [2.75, 3.05) is 5.33 Å². The molecule has 18 heavy (non-hydrogen) atoms. The van der Waals surface area contributed by atoms with Gasteiger partial charge in [-0.05, 0) is 37.0 Å². The summed E-state index contributed by atoms with van der Waals surface area (Å²) in [4.78, 5) is 12.3. The van der Waals surface area contributed by atoms with E-state index >= 15 is 0 Å². The Balaban J connectivity index is 2.84. The number of benzene rings is 1. The lowest BCUT2D eigenvalue weighted by Crippen LogP contribution is -2.39. The van der Waals surface area contributed by atoms with Crippen molar-refractivity contribution >= 4 is 37.8 Å². The maximum Gasteiger partial charge on any atom is 0.251 e. The molecule has 0 bridgehead atoms. The van der Waals surface area contributed by atoms with Gasteiger partial charge < -0.3 is 5.32 Å². The second-order valence-electron chi connectivity index (χ2n) is 4.71. The second-order valence-corrected chi connectivity index (χ2v) is 6.36. The van der Waals surface area contributed by atoms with Gasteiger partial charge in [0.1, 0.15) is 0 Å². The fraction of sp³-hybridized carbons (Fsp3) is 0.500. The summed E-state index contributed by atoms with van der Waals surface area (Å²) < 4.78 is 0.969. The van der Waals surface area contributed by atoms with Gasteiger partial charge in [0.25, 0.3) is 5.91 Å². The van der Waals surface area contributed by atoms with Crippen LogP contribution in [0.4, 0.5) is 0 Å². The van der Waals surface area contributed by atoms with Crippen LogP contribution >= 0.6 is 31.9 Å². The fourth-order valence-corrected chi connectivity index (χ4v) is 2.65. The third-order valence-electron chi connectivity index (χ3n) is 3.05. The van der Waals surface area contributed by atoms with Crippen molar-refractivity contribution in [1.29, 1.82) is 0 Å². The van der Waals surface area contributed by atoms with Crippen LogP contribution in [-0.4, -0.2) is 17.3 Å². The molecule has 4 heteroatoms. The van der Waals surface area contributed by atoms with Crippen LogP contribution in [0.1, 0.15) is 36.2 Å². The number of hydrogen-bond acceptors (Lipinski definition) is 1. The lowest BCUT2D eigenvalue weighted by Gasteiger charge is -2.22. The van der Waals surface area contributed by atoms with Gasteiger partial charge in [-0.2, -0.15) is 0 Å². The van der Waals surface area contributed by atoms with Crippen molar-refractivity contribution in [3.05, 3.63) is 33.8 Å². The lowest BCUT2D eigenvalue weighted by molar-refractivity contribution is 0.0924. The average Bonchev–Trinajstić information content (AvgIpc) is 2.31. The van der Waals surface area contributed by atoms with Crippen LogP contribution in [0.2, 0.25) is 0 Å². The summed E-state index contributed by atoms with van der Waals surface area (Å²) in [5, 5.41) is 4.01. The number of rotatable bonds is 5. The van der Waals surface area contributed by atoms with Crippen molar-refractivity contribution in [2.24, 2.45) is 5.92 Å². The molecular formula is C14H19Br2NO. The molecule has 1 atom stereocenters. The Kier molecular flexibility index (Phi) is 6.36. The Morgan fingerprint density at radius 3 is 2.61 bits per heavy atom. The van der Waals surface area contributed by atoms with Crippen LogP contribution in [0.25, 0.3) is 0 Å². The molecule has 1 aromatic carbocycles. The van der Waals surface area contributed by atoms with E-state index in [1.54, 1.807) is 0 Å². The number of nitrogens with one attached hydrogen (secondary N) is 1. The maximum absolute atomic E-state index is 12.3. The summed E-state index contributed by atoms with van der Waals surface area (Å²) in [7, 11) is 0. The first kappa shape index (κ1) is 15.7. The molecule has 0 saturated heterocycles. The Hall–Kier alpha value is -0.350. The molecule has 1 amide bonds. The van der Waals surface area contributed by atoms with Crippen molar-refractivity contribution in [3.8, 4) is 0 Å². The van der Waals surface area contributed by atoms with E-state index in [0.29, 0.717) is 5.92 Å². The van der Waals surface area contributed by atoms with Gasteiger partial charge in [0, 0.05) is 21.4 Å². The molecule has 1 N–H and O–H groups in total. The van der Waals surface area contributed by atoms with E-state index in [1.807, 2.05) is 25.1 Å². The highest BCUT2D eigenvalue weighted by atomic mass is 79.9. The summed E-state index contributed by atoms with van der Waals surface area (Å²) in [6.45, 7) is 6.20. The van der Waals surface area contributed by atoms with Crippen LogP contribution in [-0.2, 0) is 0 Å². The molecule has 2 nitrogen and oxygen atoms in total. The molecule has 0 fully saturated rings. The Bertz CT molecular complexity index is 418. The zero-order chi connectivity index (χ0) is 13.7. The molecule has 0 heterocycles. The molecule has 1 unspecified atom stereocenters. The predicted octanol–water partition coefficient (Wildman–Crippen LogP) is 4.30. The van der Waals surface area contributed by atoms with Crippen molar-refractivity contribution in [1.82, 2.24) is 5.32 Å². The lowest BCUT2D eigenvalue weighted by atomic mass is 10.0. The van der Waals surface area contributed by atoms with E-state index < -0.39 is 0 Å². The molecule has 0 aliphatic carbocycles. The van der Waals surface area contributed by atoms with Crippen molar-refractivity contribution in [2.45, 2.75) is 33.2 Å². The SMILES string of the molecule is Cc1c(Br)cccc1C(=O)NC(CCBr)C(C)C. The van der Waals surface area contributed by atoms with E-state index in [-0.39, 0.29) is 11.9 Å². The zero-order valence-corrected chi connectivity index (χ0v) is 14.1. The molecule has 1 aromatic rings. The van der Waals surface area contributed by atoms with E-state index in [1.165, 1.54) is 0 Å². The number of hydrogen-bond donors (Lipinski definition) is 1. The standard InChI is InChI=1S/C14H19Br2NO/c1-9(2)13(7-8-15)17-14(18)11-5-4-6-12(16)10(11)3/h4-6,9,13H,7-8H2,1-3H3,(H,17,18). The third kappa shape index (κ3) is 4.09. The van der Waals surface area contributed by atoms with Crippen LogP contribution < -0.4 is 5.32 Å². The number of carbonyl (C=O) groups is 1. The quantitative estimate of drug-likeness (QED) is 0.762. The van der Waals surface area contributed by atoms with Gasteiger partial charge in [-0.25, -0.2) is 0 Å². The van der Waals surface area contributed by atoms with Crippen LogP contribution in [0.15, 0.2) is 22.7 Å². The Morgan fingerprint density at radius 2 is 2.06 bits per heavy atom. The van der Waals surface area contributed by atoms with Gasteiger partial charge in [-0.3, -0.25) is 4.79 Å². The van der Waals surface area contributed by atoms with Crippen LogP contribution in [0, 0.1) is 12.8 Å². The maximum atomic E-state index is 12.3. The number of amides is 1. The zero-order valence-electron chi connectivity index (χ0n) is 11.0. The molecule has 0 aliphatic heterocycles. The topological polar surface area (TPSA) is 29.1 Å². The Labute approximate surface area is 126 Å². The molecule has 1 rings (SSSR count).